The molecule has 0 saturated carbocycles. The Kier molecular flexibility index (Phi) is 4.43. The van der Waals surface area contributed by atoms with Crippen molar-refractivity contribution in [3.63, 3.8) is 0 Å². The molecule has 0 fully saturated rings. The molecule has 0 aromatic heterocycles. The van der Waals surface area contributed by atoms with Crippen molar-refractivity contribution >= 4 is 21.6 Å². The second kappa shape index (κ2) is 5.27. The van der Waals surface area contributed by atoms with E-state index in [1.165, 1.54) is 7.05 Å². The molecule has 96 valence electrons. The van der Waals surface area contributed by atoms with Gasteiger partial charge in [-0.1, -0.05) is 6.07 Å². The van der Waals surface area contributed by atoms with Gasteiger partial charge in [-0.25, -0.2) is 0 Å². The van der Waals surface area contributed by atoms with Crippen LogP contribution in [0, 0.1) is 0 Å². The van der Waals surface area contributed by atoms with Crippen LogP contribution in [0.25, 0.3) is 0 Å². The zero-order valence-corrected chi connectivity index (χ0v) is 11.1. The minimum atomic E-state index is -4.21. The van der Waals surface area contributed by atoms with Crippen molar-refractivity contribution in [1.82, 2.24) is 0 Å². The van der Waals surface area contributed by atoms with Gasteiger partial charge >= 0.3 is 6.18 Å². The maximum atomic E-state index is 12.3. The Labute approximate surface area is 107 Å². The van der Waals surface area contributed by atoms with Gasteiger partial charge < -0.3 is 10.6 Å². The number of nitrogens with zero attached hydrogens (tertiary/aromatic N) is 1. The average Bonchev–Trinajstić information content (AvgIpc) is 2.14. The van der Waals surface area contributed by atoms with E-state index in [1.807, 2.05) is 6.92 Å². The molecule has 1 atom stereocenters. The third-order valence-corrected chi connectivity index (χ3v) is 2.96. The Hall–Kier alpha value is -0.750. The second-order valence-corrected chi connectivity index (χ2v) is 4.83. The van der Waals surface area contributed by atoms with Crippen LogP contribution in [0.2, 0.25) is 0 Å². The molecular weight excluding hydrogens is 297 g/mol. The van der Waals surface area contributed by atoms with Gasteiger partial charge in [0.25, 0.3) is 0 Å². The van der Waals surface area contributed by atoms with Crippen LogP contribution >= 0.6 is 15.9 Å². The summed E-state index contributed by atoms with van der Waals surface area (Å²) in [6, 6.07) is 4.97. The van der Waals surface area contributed by atoms with Gasteiger partial charge in [-0.3, -0.25) is 0 Å². The van der Waals surface area contributed by atoms with Crippen LogP contribution in [0.1, 0.15) is 18.5 Å². The molecule has 17 heavy (non-hydrogen) atoms. The quantitative estimate of drug-likeness (QED) is 0.926. The molecule has 6 heteroatoms. The summed E-state index contributed by atoms with van der Waals surface area (Å²) < 4.78 is 37.4. The summed E-state index contributed by atoms with van der Waals surface area (Å²) in [5.41, 5.74) is 7.06. The smallest absolute Gasteiger partial charge is 0.365 e. The maximum Gasteiger partial charge on any atom is 0.405 e. The maximum absolute atomic E-state index is 12.3. The molecule has 1 aromatic carbocycles. The van der Waals surface area contributed by atoms with E-state index >= 15 is 0 Å². The van der Waals surface area contributed by atoms with Gasteiger partial charge in [0.2, 0.25) is 0 Å². The second-order valence-electron chi connectivity index (χ2n) is 3.97. The van der Waals surface area contributed by atoms with Crippen LogP contribution in [-0.2, 0) is 0 Å². The fourth-order valence-corrected chi connectivity index (χ4v) is 2.17. The van der Waals surface area contributed by atoms with Gasteiger partial charge in [-0.15, -0.1) is 0 Å². The molecular formula is C11H14BrF3N2. The SMILES string of the molecule is C[C@H](N)c1ccc(N(C)CC(F)(F)F)c(Br)c1. The van der Waals surface area contributed by atoms with E-state index in [0.717, 1.165) is 10.5 Å². The van der Waals surface area contributed by atoms with E-state index in [-0.39, 0.29) is 6.04 Å². The molecule has 0 radical (unpaired) electrons. The highest BCUT2D eigenvalue weighted by Crippen LogP contribution is 2.30. The van der Waals surface area contributed by atoms with Gasteiger partial charge in [0.15, 0.2) is 0 Å². The highest BCUT2D eigenvalue weighted by atomic mass is 79.9. The molecule has 1 aromatic rings. The van der Waals surface area contributed by atoms with Crippen LogP contribution in [0.4, 0.5) is 18.9 Å². The van der Waals surface area contributed by atoms with Crippen molar-refractivity contribution in [3.8, 4) is 0 Å². The fourth-order valence-electron chi connectivity index (χ4n) is 1.47. The minimum absolute atomic E-state index is 0.145. The topological polar surface area (TPSA) is 29.3 Å². The highest BCUT2D eigenvalue weighted by molar-refractivity contribution is 9.10. The van der Waals surface area contributed by atoms with Crippen molar-refractivity contribution in [2.75, 3.05) is 18.5 Å². The zero-order chi connectivity index (χ0) is 13.2. The first kappa shape index (κ1) is 14.3. The predicted molar refractivity (Wildman–Crippen MR) is 66.1 cm³/mol. The molecule has 0 unspecified atom stereocenters. The van der Waals surface area contributed by atoms with Crippen molar-refractivity contribution in [2.24, 2.45) is 5.73 Å². The lowest BCUT2D eigenvalue weighted by atomic mass is 10.1. The van der Waals surface area contributed by atoms with E-state index in [4.69, 9.17) is 5.73 Å². The van der Waals surface area contributed by atoms with Crippen molar-refractivity contribution in [3.05, 3.63) is 28.2 Å². The summed E-state index contributed by atoms with van der Waals surface area (Å²) in [6.07, 6.45) is -4.21. The number of anilines is 1. The molecule has 0 spiro atoms. The summed E-state index contributed by atoms with van der Waals surface area (Å²) in [6.45, 7) is 0.837. The third kappa shape index (κ3) is 4.20. The molecule has 0 aliphatic rings. The molecule has 2 nitrogen and oxygen atoms in total. The lowest BCUT2D eigenvalue weighted by Crippen LogP contribution is -2.31. The Balaban J connectivity index is 2.92. The van der Waals surface area contributed by atoms with E-state index in [0.29, 0.717) is 10.2 Å². The first-order chi connectivity index (χ1) is 7.70. The van der Waals surface area contributed by atoms with Gasteiger partial charge in [0.05, 0.1) is 5.69 Å². The third-order valence-electron chi connectivity index (χ3n) is 2.33. The number of hydrogen-bond donors (Lipinski definition) is 1. The summed E-state index contributed by atoms with van der Waals surface area (Å²) in [7, 11) is 1.40. The Bertz CT molecular complexity index is 391. The molecule has 0 saturated heterocycles. The highest BCUT2D eigenvalue weighted by Gasteiger charge is 2.29. The monoisotopic (exact) mass is 310 g/mol. The summed E-state index contributed by atoms with van der Waals surface area (Å²) >= 11 is 3.26. The largest absolute Gasteiger partial charge is 0.405 e. The first-order valence-electron chi connectivity index (χ1n) is 5.03. The van der Waals surface area contributed by atoms with Gasteiger partial charge in [0, 0.05) is 17.6 Å². The van der Waals surface area contributed by atoms with Gasteiger partial charge in [0.1, 0.15) is 6.54 Å². The molecule has 0 heterocycles. The number of halogens is 4. The number of nitrogens with two attached hydrogens (primary N) is 1. The van der Waals surface area contributed by atoms with Gasteiger partial charge in [-0.05, 0) is 40.5 Å². The van der Waals surface area contributed by atoms with Crippen molar-refractivity contribution < 1.29 is 13.2 Å². The fraction of sp³-hybridized carbons (Fsp3) is 0.455. The van der Waals surface area contributed by atoms with Crippen molar-refractivity contribution in [2.45, 2.75) is 19.1 Å². The lowest BCUT2D eigenvalue weighted by Gasteiger charge is -2.22. The number of hydrogen-bond acceptors (Lipinski definition) is 2. The minimum Gasteiger partial charge on any atom is -0.365 e. The molecule has 0 bridgehead atoms. The average molecular weight is 311 g/mol. The van der Waals surface area contributed by atoms with E-state index in [1.54, 1.807) is 18.2 Å². The molecule has 0 amide bonds. The van der Waals surface area contributed by atoms with E-state index in [9.17, 15) is 13.2 Å². The van der Waals surface area contributed by atoms with Crippen LogP contribution in [-0.4, -0.2) is 19.8 Å². The van der Waals surface area contributed by atoms with Crippen LogP contribution < -0.4 is 10.6 Å². The molecule has 0 aliphatic carbocycles. The van der Waals surface area contributed by atoms with Crippen LogP contribution in [0.3, 0.4) is 0 Å². The Morgan fingerprint density at radius 2 is 2.00 bits per heavy atom. The number of benzene rings is 1. The zero-order valence-electron chi connectivity index (χ0n) is 9.55. The molecule has 2 N–H and O–H groups in total. The molecule has 0 aliphatic heterocycles. The van der Waals surface area contributed by atoms with E-state index < -0.39 is 12.7 Å². The van der Waals surface area contributed by atoms with Gasteiger partial charge in [-0.2, -0.15) is 13.2 Å². The summed E-state index contributed by atoms with van der Waals surface area (Å²) in [5.74, 6) is 0. The number of alkyl halides is 3. The first-order valence-corrected chi connectivity index (χ1v) is 5.83. The van der Waals surface area contributed by atoms with Crippen molar-refractivity contribution in [1.29, 1.82) is 0 Å². The standard InChI is InChI=1S/C11H14BrF3N2/c1-7(16)8-3-4-10(9(12)5-8)17(2)6-11(13,14)15/h3-5,7H,6,16H2,1-2H3/t7-/m0/s1. The van der Waals surface area contributed by atoms with E-state index in [2.05, 4.69) is 15.9 Å². The summed E-state index contributed by atoms with van der Waals surface area (Å²) in [5, 5.41) is 0. The molecule has 1 rings (SSSR count). The Morgan fingerprint density at radius 1 is 1.41 bits per heavy atom. The lowest BCUT2D eigenvalue weighted by molar-refractivity contribution is -0.119. The normalized spacial score (nSPS) is 13.6. The number of rotatable bonds is 3. The Morgan fingerprint density at radius 3 is 2.41 bits per heavy atom. The predicted octanol–water partition coefficient (Wildman–Crippen LogP) is 3.47. The van der Waals surface area contributed by atoms with Crippen LogP contribution in [0.15, 0.2) is 22.7 Å². The van der Waals surface area contributed by atoms with Crippen LogP contribution in [0.5, 0.6) is 0 Å². The summed E-state index contributed by atoms with van der Waals surface area (Å²) in [4.78, 5) is 1.15.